The van der Waals surface area contributed by atoms with Gasteiger partial charge < -0.3 is 15.3 Å². The van der Waals surface area contributed by atoms with Crippen molar-refractivity contribution in [2.45, 2.75) is 44.9 Å². The van der Waals surface area contributed by atoms with Gasteiger partial charge in [0, 0.05) is 38.0 Å². The molecule has 25 heavy (non-hydrogen) atoms. The number of aliphatic imine (C=N–C) groups is 1. The highest BCUT2D eigenvalue weighted by Gasteiger charge is 2.43. The van der Waals surface area contributed by atoms with Crippen LogP contribution in [0.4, 0.5) is 0 Å². The van der Waals surface area contributed by atoms with Crippen LogP contribution in [-0.4, -0.2) is 42.7 Å². The smallest absolute Gasteiger partial charge is 0.198 e. The first-order valence-corrected chi connectivity index (χ1v) is 9.69. The Morgan fingerprint density at radius 1 is 1.20 bits per heavy atom. The van der Waals surface area contributed by atoms with Crippen molar-refractivity contribution < 1.29 is 5.11 Å². The largest absolute Gasteiger partial charge is 0.396 e. The summed E-state index contributed by atoms with van der Waals surface area (Å²) in [7, 11) is 2.13. The van der Waals surface area contributed by atoms with Crippen LogP contribution in [0.15, 0.2) is 34.8 Å². The number of guanidine groups is 1. The summed E-state index contributed by atoms with van der Waals surface area (Å²) < 4.78 is 0. The van der Waals surface area contributed by atoms with Gasteiger partial charge in [-0.05, 0) is 42.2 Å². The van der Waals surface area contributed by atoms with E-state index in [0.717, 1.165) is 12.5 Å². The molecule has 0 atom stereocenters. The number of aliphatic hydroxyl groups is 1. The molecule has 0 saturated heterocycles. The molecule has 0 amide bonds. The standard InChI is InChI=1S/C21H29N3O/c1-24-15-18-19(23-20(24)22-12-7-13-25)17-9-4-3-8-16(17)14-21(18)10-5-2-6-11-21/h3-4,8-9,25H,2,5-7,10-15H2,1H3,(H,22,23). The zero-order valence-corrected chi connectivity index (χ0v) is 15.2. The molecule has 0 unspecified atom stereocenters. The lowest BCUT2D eigenvalue weighted by Crippen LogP contribution is -2.50. The Morgan fingerprint density at radius 2 is 2.00 bits per heavy atom. The molecule has 1 saturated carbocycles. The number of nitrogens with one attached hydrogen (secondary N) is 1. The summed E-state index contributed by atoms with van der Waals surface area (Å²) in [5, 5.41) is 12.7. The maximum Gasteiger partial charge on any atom is 0.198 e. The van der Waals surface area contributed by atoms with Crippen molar-refractivity contribution in [1.29, 1.82) is 0 Å². The van der Waals surface area contributed by atoms with Gasteiger partial charge >= 0.3 is 0 Å². The minimum atomic E-state index is 0.195. The summed E-state index contributed by atoms with van der Waals surface area (Å²) in [4.78, 5) is 6.94. The van der Waals surface area contributed by atoms with Crippen molar-refractivity contribution in [3.05, 3.63) is 41.0 Å². The number of rotatable bonds is 3. The predicted molar refractivity (Wildman–Crippen MR) is 102 cm³/mol. The van der Waals surface area contributed by atoms with Gasteiger partial charge in [0.2, 0.25) is 0 Å². The molecule has 1 fully saturated rings. The molecular formula is C21H29N3O. The maximum absolute atomic E-state index is 9.03. The second kappa shape index (κ2) is 6.83. The van der Waals surface area contributed by atoms with Crippen LogP contribution in [0, 0.1) is 5.41 Å². The quantitative estimate of drug-likeness (QED) is 0.832. The SMILES string of the molecule is CN1CC2=C(NC1=NCCCO)c1ccccc1CC21CCCCC1. The molecule has 134 valence electrons. The van der Waals surface area contributed by atoms with Gasteiger partial charge in [0.1, 0.15) is 0 Å². The Balaban J connectivity index is 1.75. The summed E-state index contributed by atoms with van der Waals surface area (Å²) in [5.41, 5.74) is 6.07. The maximum atomic E-state index is 9.03. The van der Waals surface area contributed by atoms with Crippen molar-refractivity contribution in [2.75, 3.05) is 26.7 Å². The zero-order chi connectivity index (χ0) is 17.3. The fourth-order valence-electron chi connectivity index (χ4n) is 4.85. The summed E-state index contributed by atoms with van der Waals surface area (Å²) in [6.07, 6.45) is 8.60. The molecule has 1 heterocycles. The lowest BCUT2D eigenvalue weighted by molar-refractivity contribution is 0.220. The van der Waals surface area contributed by atoms with Crippen LogP contribution in [0.1, 0.15) is 49.7 Å². The monoisotopic (exact) mass is 339 g/mol. The highest BCUT2D eigenvalue weighted by molar-refractivity contribution is 5.94. The first-order chi connectivity index (χ1) is 12.2. The van der Waals surface area contributed by atoms with Crippen LogP contribution >= 0.6 is 0 Å². The van der Waals surface area contributed by atoms with Gasteiger partial charge in [-0.2, -0.15) is 0 Å². The second-order valence-electron chi connectivity index (χ2n) is 7.79. The van der Waals surface area contributed by atoms with Crippen LogP contribution in [0.3, 0.4) is 0 Å². The van der Waals surface area contributed by atoms with Gasteiger partial charge in [0.25, 0.3) is 0 Å². The predicted octanol–water partition coefficient (Wildman–Crippen LogP) is 3.18. The van der Waals surface area contributed by atoms with Crippen LogP contribution in [0.25, 0.3) is 5.70 Å². The molecule has 4 heteroatoms. The molecule has 0 bridgehead atoms. The molecule has 1 spiro atoms. The summed E-state index contributed by atoms with van der Waals surface area (Å²) in [6, 6.07) is 8.87. The number of nitrogens with zero attached hydrogens (tertiary/aromatic N) is 2. The van der Waals surface area contributed by atoms with Gasteiger partial charge in [0.05, 0.1) is 0 Å². The van der Waals surface area contributed by atoms with E-state index in [1.54, 1.807) is 5.57 Å². The summed E-state index contributed by atoms with van der Waals surface area (Å²) >= 11 is 0. The van der Waals surface area contributed by atoms with Crippen LogP contribution in [-0.2, 0) is 6.42 Å². The second-order valence-corrected chi connectivity index (χ2v) is 7.79. The van der Waals surface area contributed by atoms with Crippen LogP contribution < -0.4 is 5.32 Å². The molecule has 1 aromatic carbocycles. The Hall–Kier alpha value is -1.81. The first-order valence-electron chi connectivity index (χ1n) is 9.69. The average Bonchev–Trinajstić information content (AvgIpc) is 2.64. The van der Waals surface area contributed by atoms with E-state index in [1.807, 2.05) is 0 Å². The van der Waals surface area contributed by atoms with Crippen molar-refractivity contribution in [2.24, 2.45) is 10.4 Å². The van der Waals surface area contributed by atoms with Gasteiger partial charge in [-0.25, -0.2) is 0 Å². The minimum Gasteiger partial charge on any atom is -0.396 e. The van der Waals surface area contributed by atoms with Crippen molar-refractivity contribution >= 4 is 11.7 Å². The van der Waals surface area contributed by atoms with Gasteiger partial charge in [-0.15, -0.1) is 0 Å². The zero-order valence-electron chi connectivity index (χ0n) is 15.2. The normalized spacial score (nSPS) is 23.4. The Kier molecular flexibility index (Phi) is 4.55. The minimum absolute atomic E-state index is 0.195. The van der Waals surface area contributed by atoms with Crippen molar-refractivity contribution in [1.82, 2.24) is 10.2 Å². The molecule has 4 nitrogen and oxygen atoms in total. The molecule has 2 aliphatic carbocycles. The van der Waals surface area contributed by atoms with E-state index >= 15 is 0 Å². The number of aliphatic hydroxyl groups excluding tert-OH is 1. The van der Waals surface area contributed by atoms with E-state index in [0.29, 0.717) is 18.4 Å². The van der Waals surface area contributed by atoms with Crippen molar-refractivity contribution in [3.8, 4) is 0 Å². The first kappa shape index (κ1) is 16.6. The molecule has 0 aromatic heterocycles. The number of fused-ring (bicyclic) bond motifs is 3. The number of likely N-dealkylation sites (N-methyl/N-ethyl adjacent to an activating group) is 1. The number of benzene rings is 1. The van der Waals surface area contributed by atoms with Crippen molar-refractivity contribution in [3.63, 3.8) is 0 Å². The van der Waals surface area contributed by atoms with Gasteiger partial charge in [-0.1, -0.05) is 43.5 Å². The van der Waals surface area contributed by atoms with E-state index in [-0.39, 0.29) is 6.61 Å². The van der Waals surface area contributed by atoms with Crippen LogP contribution in [0.2, 0.25) is 0 Å². The van der Waals surface area contributed by atoms with E-state index in [2.05, 4.69) is 46.5 Å². The summed E-state index contributed by atoms with van der Waals surface area (Å²) in [5.74, 6) is 0.940. The van der Waals surface area contributed by atoms with E-state index in [4.69, 9.17) is 5.11 Å². The Morgan fingerprint density at radius 3 is 2.80 bits per heavy atom. The molecule has 3 aliphatic rings. The highest BCUT2D eigenvalue weighted by Crippen LogP contribution is 2.51. The number of hydrogen-bond donors (Lipinski definition) is 2. The molecule has 1 aliphatic heterocycles. The molecular weight excluding hydrogens is 310 g/mol. The van der Waals surface area contributed by atoms with E-state index < -0.39 is 0 Å². The molecule has 0 radical (unpaired) electrons. The van der Waals surface area contributed by atoms with E-state index in [9.17, 15) is 0 Å². The Labute approximate surface area is 150 Å². The summed E-state index contributed by atoms with van der Waals surface area (Å²) in [6.45, 7) is 1.83. The average molecular weight is 339 g/mol. The third-order valence-electron chi connectivity index (χ3n) is 6.14. The van der Waals surface area contributed by atoms with Crippen LogP contribution in [0.5, 0.6) is 0 Å². The Bertz CT molecular complexity index is 701. The van der Waals surface area contributed by atoms with Gasteiger partial charge in [0.15, 0.2) is 5.96 Å². The third-order valence-corrected chi connectivity index (χ3v) is 6.14. The van der Waals surface area contributed by atoms with Gasteiger partial charge in [-0.3, -0.25) is 4.99 Å². The lowest BCUT2D eigenvalue weighted by Gasteiger charge is -2.48. The fraction of sp³-hybridized carbons (Fsp3) is 0.571. The third kappa shape index (κ3) is 2.97. The molecule has 4 rings (SSSR count). The highest BCUT2D eigenvalue weighted by atomic mass is 16.3. The topological polar surface area (TPSA) is 47.9 Å². The fourth-order valence-corrected chi connectivity index (χ4v) is 4.85. The van der Waals surface area contributed by atoms with E-state index in [1.165, 1.54) is 55.3 Å². The number of hydrogen-bond acceptors (Lipinski definition) is 2. The molecule has 1 aromatic rings. The molecule has 2 N–H and O–H groups in total. The lowest BCUT2D eigenvalue weighted by atomic mass is 9.61.